The van der Waals surface area contributed by atoms with E-state index in [0.717, 1.165) is 17.5 Å². The van der Waals surface area contributed by atoms with E-state index in [1.54, 1.807) is 24.8 Å². The molecule has 7 heteroatoms. The molecule has 24 heavy (non-hydrogen) atoms. The third-order valence-corrected chi connectivity index (χ3v) is 3.56. The minimum Gasteiger partial charge on any atom is -0.464 e. The van der Waals surface area contributed by atoms with E-state index in [0.29, 0.717) is 11.7 Å². The summed E-state index contributed by atoms with van der Waals surface area (Å²) in [6.45, 7) is 2.12. The lowest BCUT2D eigenvalue weighted by Gasteiger charge is -2.21. The highest BCUT2D eigenvalue weighted by Gasteiger charge is 2.13. The molecule has 2 aromatic heterocycles. The first-order valence-electron chi connectivity index (χ1n) is 7.61. The third-order valence-electron chi connectivity index (χ3n) is 3.30. The predicted molar refractivity (Wildman–Crippen MR) is 95.3 cm³/mol. The maximum absolute atomic E-state index is 10.7. The number of carbonyl (C=O) groups is 1. The number of aromatic nitrogens is 2. The number of hydrogen-bond donors (Lipinski definition) is 2. The average Bonchev–Trinajstić information content (AvgIpc) is 2.60. The molecule has 1 unspecified atom stereocenters. The molecule has 0 amide bonds. The first-order valence-corrected chi connectivity index (χ1v) is 8.02. The van der Waals surface area contributed by atoms with Crippen molar-refractivity contribution < 1.29 is 9.53 Å². The van der Waals surface area contributed by atoms with Gasteiger partial charge in [0.25, 0.3) is 0 Å². The molecule has 0 saturated heterocycles. The summed E-state index contributed by atoms with van der Waals surface area (Å²) < 4.78 is 4.87. The molecule has 0 spiro atoms. The number of carbonyl (C=O) groups excluding carboxylic acids is 1. The van der Waals surface area contributed by atoms with Crippen LogP contribution in [0.4, 0.5) is 0 Å². The van der Waals surface area contributed by atoms with Crippen molar-refractivity contribution in [2.75, 3.05) is 13.2 Å². The van der Waals surface area contributed by atoms with Gasteiger partial charge in [-0.15, -0.1) is 0 Å². The summed E-state index contributed by atoms with van der Waals surface area (Å²) in [7, 11) is 0. The summed E-state index contributed by atoms with van der Waals surface area (Å²) in [5.41, 5.74) is 2.24. The van der Waals surface area contributed by atoms with E-state index in [1.165, 1.54) is 6.92 Å². The summed E-state index contributed by atoms with van der Waals surface area (Å²) in [5.74, 6) is -0.303. The monoisotopic (exact) mass is 344 g/mol. The quantitative estimate of drug-likeness (QED) is 0.450. The minimum absolute atomic E-state index is 0.00382. The van der Waals surface area contributed by atoms with Crippen LogP contribution in [0.5, 0.6) is 0 Å². The van der Waals surface area contributed by atoms with E-state index in [1.807, 2.05) is 24.3 Å². The Morgan fingerprint density at radius 2 is 1.79 bits per heavy atom. The highest BCUT2D eigenvalue weighted by molar-refractivity contribution is 7.80. The maximum Gasteiger partial charge on any atom is 0.302 e. The zero-order chi connectivity index (χ0) is 17.2. The molecule has 126 valence electrons. The summed E-state index contributed by atoms with van der Waals surface area (Å²) >= 11 is 5.33. The Hall–Kier alpha value is -2.54. The Kier molecular flexibility index (Phi) is 7.10. The van der Waals surface area contributed by atoms with Gasteiger partial charge in [0.15, 0.2) is 5.11 Å². The number of nitrogens with zero attached hydrogens (tertiary/aromatic N) is 2. The zero-order valence-electron chi connectivity index (χ0n) is 13.4. The van der Waals surface area contributed by atoms with Gasteiger partial charge in [-0.25, -0.2) is 0 Å². The van der Waals surface area contributed by atoms with Crippen molar-refractivity contribution in [3.8, 4) is 0 Å². The van der Waals surface area contributed by atoms with E-state index in [9.17, 15) is 4.79 Å². The fourth-order valence-corrected chi connectivity index (χ4v) is 2.42. The highest BCUT2D eigenvalue weighted by Crippen LogP contribution is 2.17. The molecule has 0 aliphatic rings. The number of hydrogen-bond acceptors (Lipinski definition) is 5. The van der Waals surface area contributed by atoms with Crippen molar-refractivity contribution in [2.24, 2.45) is 0 Å². The minimum atomic E-state index is -0.303. The molecule has 6 nitrogen and oxygen atoms in total. The first-order chi connectivity index (χ1) is 11.6. The van der Waals surface area contributed by atoms with Crippen molar-refractivity contribution in [3.63, 3.8) is 0 Å². The number of thiocarbonyl (C=S) groups is 1. The fraction of sp³-hybridized carbons (Fsp3) is 0.294. The molecule has 2 heterocycles. The second-order valence-corrected chi connectivity index (χ2v) is 5.54. The SMILES string of the molecule is CC(=O)OCCNC(=S)NC(Cc1ccncc1)c1ccncc1. The molecule has 2 N–H and O–H groups in total. The van der Waals surface area contributed by atoms with E-state index in [4.69, 9.17) is 17.0 Å². The van der Waals surface area contributed by atoms with Crippen molar-refractivity contribution in [1.82, 2.24) is 20.6 Å². The number of rotatable bonds is 7. The number of esters is 1. The van der Waals surface area contributed by atoms with Gasteiger partial charge < -0.3 is 15.4 Å². The molecule has 0 bridgehead atoms. The lowest BCUT2D eigenvalue weighted by molar-refractivity contribution is -0.140. The van der Waals surface area contributed by atoms with Crippen LogP contribution in [0.1, 0.15) is 24.1 Å². The van der Waals surface area contributed by atoms with Crippen LogP contribution >= 0.6 is 12.2 Å². The van der Waals surface area contributed by atoms with Crippen molar-refractivity contribution in [3.05, 3.63) is 60.2 Å². The third kappa shape index (κ3) is 6.29. The Balaban J connectivity index is 1.96. The molecular formula is C17H20N4O2S. The van der Waals surface area contributed by atoms with Gasteiger partial charge in [0.1, 0.15) is 6.61 Å². The van der Waals surface area contributed by atoms with Gasteiger partial charge in [-0.05, 0) is 54.0 Å². The van der Waals surface area contributed by atoms with E-state index < -0.39 is 0 Å². The lowest BCUT2D eigenvalue weighted by Crippen LogP contribution is -2.40. The lowest BCUT2D eigenvalue weighted by atomic mass is 10.0. The molecule has 2 aromatic rings. The van der Waals surface area contributed by atoms with Gasteiger partial charge in [-0.1, -0.05) is 0 Å². The van der Waals surface area contributed by atoms with Crippen LogP contribution in [-0.2, 0) is 16.0 Å². The van der Waals surface area contributed by atoms with Crippen molar-refractivity contribution in [1.29, 1.82) is 0 Å². The topological polar surface area (TPSA) is 76.1 Å². The summed E-state index contributed by atoms with van der Waals surface area (Å²) in [5, 5.41) is 6.85. The molecule has 0 radical (unpaired) electrons. The first kappa shape index (κ1) is 17.8. The molecule has 2 rings (SSSR count). The molecular weight excluding hydrogens is 324 g/mol. The standard InChI is InChI=1S/C17H20N4O2S/c1-13(22)23-11-10-20-17(24)21-16(15-4-8-19-9-5-15)12-14-2-6-18-7-3-14/h2-9,16H,10-12H2,1H3,(H2,20,21,24). The Morgan fingerprint density at radius 1 is 1.17 bits per heavy atom. The molecule has 0 aliphatic carbocycles. The van der Waals surface area contributed by atoms with Gasteiger partial charge in [-0.2, -0.15) is 0 Å². The number of ether oxygens (including phenoxy) is 1. The van der Waals surface area contributed by atoms with Crippen molar-refractivity contribution >= 4 is 23.3 Å². The normalized spacial score (nSPS) is 11.4. The Morgan fingerprint density at radius 3 is 2.42 bits per heavy atom. The highest BCUT2D eigenvalue weighted by atomic mass is 32.1. The van der Waals surface area contributed by atoms with Crippen LogP contribution < -0.4 is 10.6 Å². The van der Waals surface area contributed by atoms with Crippen LogP contribution in [0.15, 0.2) is 49.1 Å². The van der Waals surface area contributed by atoms with Gasteiger partial charge in [0.2, 0.25) is 0 Å². The predicted octanol–water partition coefficient (Wildman–Crippen LogP) is 1.79. The van der Waals surface area contributed by atoms with Crippen molar-refractivity contribution in [2.45, 2.75) is 19.4 Å². The Bertz CT molecular complexity index is 652. The van der Waals surface area contributed by atoms with Crippen LogP contribution in [0.25, 0.3) is 0 Å². The van der Waals surface area contributed by atoms with Gasteiger partial charge in [0.05, 0.1) is 12.6 Å². The second kappa shape index (κ2) is 9.57. The summed E-state index contributed by atoms with van der Waals surface area (Å²) in [6, 6.07) is 7.88. The maximum atomic E-state index is 10.7. The molecule has 0 aliphatic heterocycles. The average molecular weight is 344 g/mol. The smallest absolute Gasteiger partial charge is 0.302 e. The van der Waals surface area contributed by atoms with Gasteiger partial charge in [-0.3, -0.25) is 14.8 Å². The molecule has 0 saturated carbocycles. The summed E-state index contributed by atoms with van der Waals surface area (Å²) in [4.78, 5) is 18.8. The van der Waals surface area contributed by atoms with Gasteiger partial charge in [0, 0.05) is 31.7 Å². The van der Waals surface area contributed by atoms with Crippen LogP contribution in [0.3, 0.4) is 0 Å². The number of pyridine rings is 2. The van der Waals surface area contributed by atoms with Crippen LogP contribution in [-0.4, -0.2) is 34.2 Å². The molecule has 0 aromatic carbocycles. The Labute approximate surface area is 146 Å². The van der Waals surface area contributed by atoms with Gasteiger partial charge >= 0.3 is 5.97 Å². The summed E-state index contributed by atoms with van der Waals surface area (Å²) in [6.07, 6.45) is 7.82. The molecule has 0 fully saturated rings. The second-order valence-electron chi connectivity index (χ2n) is 5.13. The fourth-order valence-electron chi connectivity index (χ4n) is 2.17. The van der Waals surface area contributed by atoms with E-state index in [2.05, 4.69) is 20.6 Å². The zero-order valence-corrected chi connectivity index (χ0v) is 14.3. The van der Waals surface area contributed by atoms with E-state index in [-0.39, 0.29) is 18.6 Å². The molecule has 1 atom stereocenters. The largest absolute Gasteiger partial charge is 0.464 e. The van der Waals surface area contributed by atoms with Crippen LogP contribution in [0.2, 0.25) is 0 Å². The van der Waals surface area contributed by atoms with E-state index >= 15 is 0 Å². The number of nitrogens with one attached hydrogen (secondary N) is 2. The van der Waals surface area contributed by atoms with Crippen LogP contribution in [0, 0.1) is 0 Å².